The number of likely N-dealkylation sites (N-methyl/N-ethyl adjacent to an activating group) is 1. The van der Waals surface area contributed by atoms with Crippen LogP contribution in [0, 0.1) is 5.82 Å². The molecule has 0 saturated carbocycles. The Morgan fingerprint density at radius 3 is 2.75 bits per heavy atom. The van der Waals surface area contributed by atoms with E-state index in [0.29, 0.717) is 19.8 Å². The SMILES string of the molecule is CCOCCN(C)c1cc(F)cc(CN)c1. The third-order valence-electron chi connectivity index (χ3n) is 2.39. The van der Waals surface area contributed by atoms with Crippen LogP contribution in [0.1, 0.15) is 12.5 Å². The molecule has 0 unspecified atom stereocenters. The van der Waals surface area contributed by atoms with Gasteiger partial charge in [0.05, 0.1) is 6.61 Å². The summed E-state index contributed by atoms with van der Waals surface area (Å²) in [5.74, 6) is -0.249. The summed E-state index contributed by atoms with van der Waals surface area (Å²) in [6.07, 6.45) is 0. The summed E-state index contributed by atoms with van der Waals surface area (Å²) in [4.78, 5) is 1.96. The molecule has 1 aromatic rings. The molecule has 0 heterocycles. The van der Waals surface area contributed by atoms with Gasteiger partial charge in [-0.2, -0.15) is 0 Å². The number of benzene rings is 1. The van der Waals surface area contributed by atoms with Gasteiger partial charge in [0.25, 0.3) is 0 Å². The standard InChI is InChI=1S/C12H19FN2O/c1-3-16-5-4-15(2)12-7-10(9-14)6-11(13)8-12/h6-8H,3-5,9,14H2,1-2H3. The van der Waals surface area contributed by atoms with E-state index in [1.54, 1.807) is 0 Å². The highest BCUT2D eigenvalue weighted by atomic mass is 19.1. The van der Waals surface area contributed by atoms with Gasteiger partial charge in [-0.25, -0.2) is 4.39 Å². The highest BCUT2D eigenvalue weighted by molar-refractivity contribution is 5.48. The van der Waals surface area contributed by atoms with E-state index in [2.05, 4.69) is 0 Å². The fourth-order valence-corrected chi connectivity index (χ4v) is 1.45. The second kappa shape index (κ2) is 6.45. The van der Waals surface area contributed by atoms with Gasteiger partial charge in [0, 0.05) is 32.4 Å². The Morgan fingerprint density at radius 2 is 2.12 bits per heavy atom. The Kier molecular flexibility index (Phi) is 5.22. The van der Waals surface area contributed by atoms with Gasteiger partial charge >= 0.3 is 0 Å². The Hall–Kier alpha value is -1.13. The summed E-state index contributed by atoms with van der Waals surface area (Å²) < 4.78 is 18.5. The predicted octanol–water partition coefficient (Wildman–Crippen LogP) is 1.76. The maximum Gasteiger partial charge on any atom is 0.125 e. The molecule has 0 aliphatic rings. The molecule has 0 bridgehead atoms. The second-order valence-electron chi connectivity index (χ2n) is 3.64. The van der Waals surface area contributed by atoms with Crippen molar-refractivity contribution in [2.45, 2.75) is 13.5 Å². The molecule has 2 N–H and O–H groups in total. The zero-order valence-corrected chi connectivity index (χ0v) is 9.87. The molecule has 0 spiro atoms. The molecule has 3 nitrogen and oxygen atoms in total. The van der Waals surface area contributed by atoms with Crippen LogP contribution in [0.5, 0.6) is 0 Å². The van der Waals surface area contributed by atoms with E-state index < -0.39 is 0 Å². The first-order chi connectivity index (χ1) is 7.67. The van der Waals surface area contributed by atoms with Crippen molar-refractivity contribution in [3.8, 4) is 0 Å². The first-order valence-corrected chi connectivity index (χ1v) is 5.45. The Labute approximate surface area is 96.0 Å². The van der Waals surface area contributed by atoms with Crippen LogP contribution in [0.3, 0.4) is 0 Å². The molecule has 1 aromatic carbocycles. The minimum Gasteiger partial charge on any atom is -0.380 e. The minimum absolute atomic E-state index is 0.249. The summed E-state index contributed by atoms with van der Waals surface area (Å²) in [5, 5.41) is 0. The lowest BCUT2D eigenvalue weighted by atomic mass is 10.2. The van der Waals surface area contributed by atoms with E-state index >= 15 is 0 Å². The van der Waals surface area contributed by atoms with Crippen molar-refractivity contribution >= 4 is 5.69 Å². The molecular weight excluding hydrogens is 207 g/mol. The molecule has 0 aliphatic heterocycles. The van der Waals surface area contributed by atoms with E-state index in [0.717, 1.165) is 17.8 Å². The summed E-state index contributed by atoms with van der Waals surface area (Å²) in [7, 11) is 1.91. The van der Waals surface area contributed by atoms with E-state index in [1.165, 1.54) is 12.1 Å². The average molecular weight is 226 g/mol. The smallest absolute Gasteiger partial charge is 0.125 e. The Balaban J connectivity index is 2.66. The van der Waals surface area contributed by atoms with Gasteiger partial charge in [0.15, 0.2) is 0 Å². The molecule has 1 rings (SSSR count). The fraction of sp³-hybridized carbons (Fsp3) is 0.500. The van der Waals surface area contributed by atoms with E-state index in [4.69, 9.17) is 10.5 Å². The number of hydrogen-bond acceptors (Lipinski definition) is 3. The summed E-state index contributed by atoms with van der Waals surface area (Å²) >= 11 is 0. The molecule has 0 aromatic heterocycles. The van der Waals surface area contributed by atoms with Gasteiger partial charge in [-0.15, -0.1) is 0 Å². The van der Waals surface area contributed by atoms with Crippen molar-refractivity contribution in [2.24, 2.45) is 5.73 Å². The zero-order valence-electron chi connectivity index (χ0n) is 9.87. The molecule has 90 valence electrons. The van der Waals surface area contributed by atoms with Gasteiger partial charge in [-0.1, -0.05) is 0 Å². The molecule has 16 heavy (non-hydrogen) atoms. The van der Waals surface area contributed by atoms with Crippen LogP contribution in [-0.4, -0.2) is 26.8 Å². The zero-order chi connectivity index (χ0) is 12.0. The lowest BCUT2D eigenvalue weighted by Crippen LogP contribution is -2.22. The van der Waals surface area contributed by atoms with Gasteiger partial charge in [0.1, 0.15) is 5.82 Å². The molecule has 0 saturated heterocycles. The third-order valence-corrected chi connectivity index (χ3v) is 2.39. The highest BCUT2D eigenvalue weighted by Gasteiger charge is 2.04. The van der Waals surface area contributed by atoms with E-state index in [-0.39, 0.29) is 5.82 Å². The topological polar surface area (TPSA) is 38.5 Å². The number of nitrogens with two attached hydrogens (primary N) is 1. The third kappa shape index (κ3) is 3.79. The summed E-state index contributed by atoms with van der Waals surface area (Å²) in [6, 6.07) is 4.86. The van der Waals surface area contributed by atoms with Gasteiger partial charge in [-0.05, 0) is 30.7 Å². The average Bonchev–Trinajstić information content (AvgIpc) is 2.28. The van der Waals surface area contributed by atoms with Crippen molar-refractivity contribution in [2.75, 3.05) is 31.7 Å². The number of anilines is 1. The van der Waals surface area contributed by atoms with Crippen LogP contribution in [0.4, 0.5) is 10.1 Å². The predicted molar refractivity (Wildman–Crippen MR) is 64.1 cm³/mol. The normalized spacial score (nSPS) is 10.5. The summed E-state index contributed by atoms with van der Waals surface area (Å²) in [6.45, 7) is 4.38. The van der Waals surface area contributed by atoms with Crippen LogP contribution < -0.4 is 10.6 Å². The van der Waals surface area contributed by atoms with Crippen LogP contribution in [-0.2, 0) is 11.3 Å². The molecule has 4 heteroatoms. The van der Waals surface area contributed by atoms with Crippen molar-refractivity contribution in [3.63, 3.8) is 0 Å². The number of halogens is 1. The van der Waals surface area contributed by atoms with E-state index in [1.807, 2.05) is 24.9 Å². The number of ether oxygens (including phenoxy) is 1. The summed E-state index contributed by atoms with van der Waals surface area (Å²) in [5.41, 5.74) is 7.14. The quantitative estimate of drug-likeness (QED) is 0.751. The molecule has 0 aliphatic carbocycles. The molecule has 0 amide bonds. The maximum absolute atomic E-state index is 13.2. The molecule has 0 atom stereocenters. The lowest BCUT2D eigenvalue weighted by Gasteiger charge is -2.19. The lowest BCUT2D eigenvalue weighted by molar-refractivity contribution is 0.154. The van der Waals surface area contributed by atoms with Gasteiger partial charge in [-0.3, -0.25) is 0 Å². The minimum atomic E-state index is -0.249. The van der Waals surface area contributed by atoms with Crippen molar-refractivity contribution in [1.29, 1.82) is 0 Å². The van der Waals surface area contributed by atoms with Gasteiger partial charge in [0.2, 0.25) is 0 Å². The molecular formula is C12H19FN2O. The monoisotopic (exact) mass is 226 g/mol. The van der Waals surface area contributed by atoms with E-state index in [9.17, 15) is 4.39 Å². The van der Waals surface area contributed by atoms with Crippen molar-refractivity contribution < 1.29 is 9.13 Å². The second-order valence-corrected chi connectivity index (χ2v) is 3.64. The largest absolute Gasteiger partial charge is 0.380 e. The number of rotatable bonds is 6. The van der Waals surface area contributed by atoms with Crippen molar-refractivity contribution in [3.05, 3.63) is 29.6 Å². The van der Waals surface area contributed by atoms with Crippen LogP contribution in [0.15, 0.2) is 18.2 Å². The first kappa shape index (κ1) is 12.9. The number of hydrogen-bond donors (Lipinski definition) is 1. The molecule has 0 radical (unpaired) electrons. The first-order valence-electron chi connectivity index (χ1n) is 5.45. The highest BCUT2D eigenvalue weighted by Crippen LogP contribution is 2.17. The Morgan fingerprint density at radius 1 is 1.38 bits per heavy atom. The van der Waals surface area contributed by atoms with Crippen LogP contribution in [0.2, 0.25) is 0 Å². The maximum atomic E-state index is 13.2. The van der Waals surface area contributed by atoms with Crippen molar-refractivity contribution in [1.82, 2.24) is 0 Å². The van der Waals surface area contributed by atoms with Crippen LogP contribution >= 0.6 is 0 Å². The van der Waals surface area contributed by atoms with Gasteiger partial charge < -0.3 is 15.4 Å². The number of nitrogens with zero attached hydrogens (tertiary/aromatic N) is 1. The van der Waals surface area contributed by atoms with Crippen LogP contribution in [0.25, 0.3) is 0 Å². The molecule has 0 fully saturated rings. The fourth-order valence-electron chi connectivity index (χ4n) is 1.45. The Bertz CT molecular complexity index is 331.